The van der Waals surface area contributed by atoms with Crippen LogP contribution in [0.15, 0.2) is 4.90 Å². The fraction of sp³-hybridized carbons (Fsp3) is 0.727. The van der Waals surface area contributed by atoms with E-state index in [0.29, 0.717) is 6.54 Å². The van der Waals surface area contributed by atoms with E-state index in [1.807, 2.05) is 11.8 Å². The highest BCUT2D eigenvalue weighted by atomic mass is 32.2. The third-order valence-corrected chi connectivity index (χ3v) is 3.43. The molecule has 1 aromatic heterocycles. The summed E-state index contributed by atoms with van der Waals surface area (Å²) in [6, 6.07) is 0. The predicted octanol–water partition coefficient (Wildman–Crippen LogP) is 2.08. The molecule has 4 heteroatoms. The molecule has 86 valence electrons. The zero-order chi connectivity index (χ0) is 11.3. The molecule has 0 aliphatic heterocycles. The highest BCUT2D eigenvalue weighted by Crippen LogP contribution is 2.27. The summed E-state index contributed by atoms with van der Waals surface area (Å²) in [7, 11) is 0. The first-order chi connectivity index (χ1) is 7.28. The maximum absolute atomic E-state index is 5.59. The van der Waals surface area contributed by atoms with Gasteiger partial charge in [0, 0.05) is 6.54 Å². The first kappa shape index (κ1) is 12.6. The Morgan fingerprint density at radius 1 is 1.27 bits per heavy atom. The number of rotatable bonds is 6. The van der Waals surface area contributed by atoms with Gasteiger partial charge in [0.2, 0.25) is 0 Å². The smallest absolute Gasteiger partial charge is 0.0760 e. The van der Waals surface area contributed by atoms with Crippen LogP contribution in [0.5, 0.6) is 0 Å². The minimum absolute atomic E-state index is 0.661. The summed E-state index contributed by atoms with van der Waals surface area (Å²) >= 11 is 1.90. The van der Waals surface area contributed by atoms with Crippen molar-refractivity contribution in [2.45, 2.75) is 45.1 Å². The fourth-order valence-electron chi connectivity index (χ4n) is 1.73. The van der Waals surface area contributed by atoms with E-state index in [1.54, 1.807) is 0 Å². The van der Waals surface area contributed by atoms with Crippen molar-refractivity contribution in [2.24, 2.45) is 5.73 Å². The molecule has 3 nitrogen and oxygen atoms in total. The lowest BCUT2D eigenvalue weighted by molar-refractivity contribution is 0.589. The van der Waals surface area contributed by atoms with E-state index in [1.165, 1.54) is 16.3 Å². The number of nitrogens with zero attached hydrogens (tertiary/aromatic N) is 2. The lowest BCUT2D eigenvalue weighted by atomic mass is 10.2. The van der Waals surface area contributed by atoms with Gasteiger partial charge in [-0.1, -0.05) is 20.8 Å². The lowest BCUT2D eigenvalue weighted by Crippen LogP contribution is -2.13. The number of hydrogen-bond donors (Lipinski definition) is 1. The minimum atomic E-state index is 0.661. The van der Waals surface area contributed by atoms with Crippen LogP contribution < -0.4 is 5.73 Å². The lowest BCUT2D eigenvalue weighted by Gasteiger charge is -2.05. The summed E-state index contributed by atoms with van der Waals surface area (Å²) in [6.45, 7) is 8.02. The average Bonchev–Trinajstić information content (AvgIpc) is 2.57. The van der Waals surface area contributed by atoms with Crippen molar-refractivity contribution in [3.8, 4) is 0 Å². The first-order valence-corrected chi connectivity index (χ1v) is 6.68. The van der Waals surface area contributed by atoms with Crippen LogP contribution in [-0.2, 0) is 19.4 Å². The van der Waals surface area contributed by atoms with Crippen LogP contribution in [0.1, 0.15) is 32.2 Å². The van der Waals surface area contributed by atoms with E-state index in [0.717, 1.165) is 25.1 Å². The number of hydrogen-bond acceptors (Lipinski definition) is 3. The topological polar surface area (TPSA) is 43.8 Å². The zero-order valence-corrected chi connectivity index (χ0v) is 10.7. The Morgan fingerprint density at radius 2 is 2.00 bits per heavy atom. The summed E-state index contributed by atoms with van der Waals surface area (Å²) in [5, 5.41) is 4.62. The van der Waals surface area contributed by atoms with Crippen molar-refractivity contribution in [3.63, 3.8) is 0 Å². The number of thioether (sulfide) groups is 1. The number of aromatic nitrogens is 2. The molecule has 0 fully saturated rings. The van der Waals surface area contributed by atoms with Crippen LogP contribution >= 0.6 is 11.8 Å². The molecule has 1 aromatic rings. The first-order valence-electron chi connectivity index (χ1n) is 5.69. The molecule has 15 heavy (non-hydrogen) atoms. The second-order valence-corrected chi connectivity index (χ2v) is 4.65. The average molecular weight is 227 g/mol. The molecule has 2 N–H and O–H groups in total. The van der Waals surface area contributed by atoms with Crippen molar-refractivity contribution in [1.29, 1.82) is 0 Å². The molecule has 1 rings (SSSR count). The predicted molar refractivity (Wildman–Crippen MR) is 66.4 cm³/mol. The maximum Gasteiger partial charge on any atom is 0.0760 e. The van der Waals surface area contributed by atoms with Gasteiger partial charge in [-0.2, -0.15) is 5.10 Å². The third-order valence-electron chi connectivity index (χ3n) is 2.38. The molecule has 0 bridgehead atoms. The number of aryl methyl sites for hydroxylation is 1. The Hall–Kier alpha value is -0.480. The van der Waals surface area contributed by atoms with Gasteiger partial charge in [-0.15, -0.1) is 11.8 Å². The second-order valence-electron chi connectivity index (χ2n) is 3.37. The van der Waals surface area contributed by atoms with Gasteiger partial charge < -0.3 is 5.73 Å². The molecule has 0 saturated heterocycles. The van der Waals surface area contributed by atoms with Gasteiger partial charge in [-0.3, -0.25) is 4.68 Å². The van der Waals surface area contributed by atoms with Gasteiger partial charge in [0.1, 0.15) is 0 Å². The molecule has 0 saturated carbocycles. The molecule has 0 unspecified atom stereocenters. The van der Waals surface area contributed by atoms with Gasteiger partial charge in [0.05, 0.1) is 22.8 Å². The highest BCUT2D eigenvalue weighted by Gasteiger charge is 2.14. The van der Waals surface area contributed by atoms with E-state index in [9.17, 15) is 0 Å². The molecule has 0 atom stereocenters. The van der Waals surface area contributed by atoms with E-state index in [4.69, 9.17) is 5.73 Å². The molecule has 0 spiro atoms. The van der Waals surface area contributed by atoms with Crippen molar-refractivity contribution in [2.75, 3.05) is 12.3 Å². The molecule has 0 aromatic carbocycles. The van der Waals surface area contributed by atoms with Gasteiger partial charge in [-0.25, -0.2) is 0 Å². The SMILES string of the molecule is CCSc1c(CC)nn(CCN)c1CC. The van der Waals surface area contributed by atoms with E-state index in [-0.39, 0.29) is 0 Å². The summed E-state index contributed by atoms with van der Waals surface area (Å²) in [5.74, 6) is 1.11. The quantitative estimate of drug-likeness (QED) is 0.757. The molecule has 1 heterocycles. The van der Waals surface area contributed by atoms with Crippen LogP contribution in [0.3, 0.4) is 0 Å². The largest absolute Gasteiger partial charge is 0.329 e. The van der Waals surface area contributed by atoms with E-state index in [2.05, 4.69) is 30.6 Å². The second kappa shape index (κ2) is 6.18. The standard InChI is InChI=1S/C11H21N3S/c1-4-9-11(15-6-3)10(5-2)14(13-9)8-7-12/h4-8,12H2,1-3H3. The normalized spacial score (nSPS) is 10.9. The highest BCUT2D eigenvalue weighted by molar-refractivity contribution is 7.99. The Balaban J connectivity index is 3.07. The van der Waals surface area contributed by atoms with E-state index < -0.39 is 0 Å². The number of nitrogens with two attached hydrogens (primary N) is 1. The maximum atomic E-state index is 5.59. The van der Waals surface area contributed by atoms with Gasteiger partial charge in [0.15, 0.2) is 0 Å². The molecule has 0 aliphatic rings. The van der Waals surface area contributed by atoms with Crippen LogP contribution in [0, 0.1) is 0 Å². The summed E-state index contributed by atoms with van der Waals surface area (Å²) < 4.78 is 2.08. The Bertz CT molecular complexity index is 307. The van der Waals surface area contributed by atoms with Crippen molar-refractivity contribution in [1.82, 2.24) is 9.78 Å². The Morgan fingerprint density at radius 3 is 2.47 bits per heavy atom. The van der Waals surface area contributed by atoms with Crippen LogP contribution in [-0.4, -0.2) is 22.1 Å². The van der Waals surface area contributed by atoms with Crippen molar-refractivity contribution < 1.29 is 0 Å². The fourth-order valence-corrected chi connectivity index (χ4v) is 2.78. The van der Waals surface area contributed by atoms with Crippen molar-refractivity contribution >= 4 is 11.8 Å². The summed E-state index contributed by atoms with van der Waals surface area (Å²) in [4.78, 5) is 1.39. The molecule has 0 radical (unpaired) electrons. The van der Waals surface area contributed by atoms with Crippen LogP contribution in [0.2, 0.25) is 0 Å². The minimum Gasteiger partial charge on any atom is -0.329 e. The molecule has 0 aliphatic carbocycles. The van der Waals surface area contributed by atoms with E-state index >= 15 is 0 Å². The molecular weight excluding hydrogens is 206 g/mol. The van der Waals surface area contributed by atoms with Gasteiger partial charge in [0.25, 0.3) is 0 Å². The van der Waals surface area contributed by atoms with Gasteiger partial charge in [-0.05, 0) is 18.6 Å². The van der Waals surface area contributed by atoms with Gasteiger partial charge >= 0.3 is 0 Å². The monoisotopic (exact) mass is 227 g/mol. The van der Waals surface area contributed by atoms with Crippen molar-refractivity contribution in [3.05, 3.63) is 11.4 Å². The van der Waals surface area contributed by atoms with Crippen LogP contribution in [0.4, 0.5) is 0 Å². The summed E-state index contributed by atoms with van der Waals surface area (Å²) in [5.41, 5.74) is 8.17. The third kappa shape index (κ3) is 2.75. The Kier molecular flexibility index (Phi) is 5.19. The molecular formula is C11H21N3S. The zero-order valence-electron chi connectivity index (χ0n) is 9.92. The molecule has 0 amide bonds. The Labute approximate surface area is 96.4 Å². The van der Waals surface area contributed by atoms with Crippen LogP contribution in [0.25, 0.3) is 0 Å². The summed E-state index contributed by atoms with van der Waals surface area (Å²) in [6.07, 6.45) is 2.04.